The molecule has 1 heterocycles. The molecule has 17 heavy (non-hydrogen) atoms. The fourth-order valence-electron chi connectivity index (χ4n) is 1.63. The summed E-state index contributed by atoms with van der Waals surface area (Å²) in [6.07, 6.45) is 3.57. The molecule has 1 aromatic heterocycles. The molecule has 0 radical (unpaired) electrons. The number of hydrogen-bond acceptors (Lipinski definition) is 3. The average molecular weight is 248 g/mol. The number of para-hydroxylation sites is 1. The normalized spacial score (nSPS) is 12.1. The van der Waals surface area contributed by atoms with E-state index in [-0.39, 0.29) is 6.04 Å². The minimum Gasteiger partial charge on any atom is -0.397 e. The maximum atomic E-state index is 6.10. The number of pyridine rings is 1. The molecule has 1 unspecified atom stereocenters. The third-order valence-electron chi connectivity index (χ3n) is 2.59. The van der Waals surface area contributed by atoms with Crippen LogP contribution in [-0.4, -0.2) is 4.98 Å². The first kappa shape index (κ1) is 11.7. The van der Waals surface area contributed by atoms with Crippen LogP contribution < -0.4 is 11.1 Å². The lowest BCUT2D eigenvalue weighted by atomic mass is 10.1. The third kappa shape index (κ3) is 2.68. The van der Waals surface area contributed by atoms with E-state index < -0.39 is 0 Å². The van der Waals surface area contributed by atoms with Crippen LogP contribution >= 0.6 is 11.6 Å². The topological polar surface area (TPSA) is 50.9 Å². The number of nitrogens with zero attached hydrogens (tertiary/aromatic N) is 1. The highest BCUT2D eigenvalue weighted by Gasteiger charge is 2.09. The van der Waals surface area contributed by atoms with E-state index in [1.807, 2.05) is 43.5 Å². The summed E-state index contributed by atoms with van der Waals surface area (Å²) in [5, 5.41) is 3.92. The molecule has 2 rings (SSSR count). The zero-order valence-electron chi connectivity index (χ0n) is 9.52. The highest BCUT2D eigenvalue weighted by molar-refractivity contribution is 6.33. The van der Waals surface area contributed by atoms with Gasteiger partial charge in [0.1, 0.15) is 0 Å². The number of aromatic nitrogens is 1. The van der Waals surface area contributed by atoms with E-state index in [0.29, 0.717) is 10.7 Å². The molecule has 0 spiro atoms. The maximum Gasteiger partial charge on any atom is 0.0767 e. The molecule has 1 atom stereocenters. The molecule has 0 aliphatic carbocycles. The number of nitrogen functional groups attached to an aromatic ring is 1. The molecular weight excluding hydrogens is 234 g/mol. The van der Waals surface area contributed by atoms with E-state index in [2.05, 4.69) is 10.3 Å². The number of hydrogen-bond donors (Lipinski definition) is 2. The molecule has 3 nitrogen and oxygen atoms in total. The van der Waals surface area contributed by atoms with Gasteiger partial charge < -0.3 is 11.1 Å². The SMILES string of the molecule is CC(Nc1c(N)cccc1Cl)c1cccnc1. The molecule has 0 aliphatic heterocycles. The van der Waals surface area contributed by atoms with Crippen LogP contribution in [0.25, 0.3) is 0 Å². The second-order valence-electron chi connectivity index (χ2n) is 3.86. The van der Waals surface area contributed by atoms with E-state index in [0.717, 1.165) is 11.3 Å². The number of nitrogens with one attached hydrogen (secondary N) is 1. The van der Waals surface area contributed by atoms with Gasteiger partial charge in [-0.1, -0.05) is 23.7 Å². The summed E-state index contributed by atoms with van der Waals surface area (Å²) < 4.78 is 0. The second-order valence-corrected chi connectivity index (χ2v) is 4.26. The van der Waals surface area contributed by atoms with Crippen LogP contribution in [-0.2, 0) is 0 Å². The number of halogens is 1. The first-order valence-electron chi connectivity index (χ1n) is 5.39. The Labute approximate surface area is 106 Å². The fourth-order valence-corrected chi connectivity index (χ4v) is 1.86. The van der Waals surface area contributed by atoms with Gasteiger partial charge in [0.15, 0.2) is 0 Å². The van der Waals surface area contributed by atoms with Gasteiger partial charge in [-0.25, -0.2) is 0 Å². The molecule has 88 valence electrons. The average Bonchev–Trinajstić information content (AvgIpc) is 2.35. The molecule has 4 heteroatoms. The van der Waals surface area contributed by atoms with E-state index in [4.69, 9.17) is 17.3 Å². The van der Waals surface area contributed by atoms with Gasteiger partial charge in [-0.15, -0.1) is 0 Å². The van der Waals surface area contributed by atoms with Crippen molar-refractivity contribution in [3.8, 4) is 0 Å². The Balaban J connectivity index is 2.22. The van der Waals surface area contributed by atoms with Gasteiger partial charge in [0.25, 0.3) is 0 Å². The molecule has 0 saturated carbocycles. The molecular formula is C13H14ClN3. The van der Waals surface area contributed by atoms with Crippen molar-refractivity contribution in [1.82, 2.24) is 4.98 Å². The number of anilines is 2. The van der Waals surface area contributed by atoms with Crippen LogP contribution in [0.3, 0.4) is 0 Å². The highest BCUT2D eigenvalue weighted by Crippen LogP contribution is 2.31. The zero-order chi connectivity index (χ0) is 12.3. The van der Waals surface area contributed by atoms with Gasteiger partial charge in [-0.3, -0.25) is 4.98 Å². The Morgan fingerprint density at radius 3 is 2.76 bits per heavy atom. The van der Waals surface area contributed by atoms with Crippen molar-refractivity contribution in [1.29, 1.82) is 0 Å². The van der Waals surface area contributed by atoms with Gasteiger partial charge in [0, 0.05) is 12.4 Å². The van der Waals surface area contributed by atoms with Crippen molar-refractivity contribution >= 4 is 23.0 Å². The Morgan fingerprint density at radius 2 is 2.12 bits per heavy atom. The largest absolute Gasteiger partial charge is 0.397 e. The summed E-state index contributed by atoms with van der Waals surface area (Å²) >= 11 is 6.10. The van der Waals surface area contributed by atoms with Crippen molar-refractivity contribution in [3.05, 3.63) is 53.3 Å². The summed E-state index contributed by atoms with van der Waals surface area (Å²) in [6, 6.07) is 9.49. The minimum absolute atomic E-state index is 0.103. The summed E-state index contributed by atoms with van der Waals surface area (Å²) in [7, 11) is 0. The molecule has 2 aromatic rings. The lowest BCUT2D eigenvalue weighted by molar-refractivity contribution is 0.876. The predicted molar refractivity (Wildman–Crippen MR) is 72.1 cm³/mol. The summed E-state index contributed by atoms with van der Waals surface area (Å²) in [6.45, 7) is 2.04. The van der Waals surface area contributed by atoms with Crippen molar-refractivity contribution < 1.29 is 0 Å². The minimum atomic E-state index is 0.103. The van der Waals surface area contributed by atoms with Crippen LogP contribution in [0.4, 0.5) is 11.4 Å². The molecule has 3 N–H and O–H groups in total. The van der Waals surface area contributed by atoms with Crippen LogP contribution in [0.5, 0.6) is 0 Å². The Morgan fingerprint density at radius 1 is 1.29 bits per heavy atom. The molecule has 0 fully saturated rings. The molecule has 0 aliphatic rings. The van der Waals surface area contributed by atoms with E-state index in [1.165, 1.54) is 0 Å². The monoisotopic (exact) mass is 247 g/mol. The maximum absolute atomic E-state index is 6.10. The predicted octanol–water partition coefficient (Wildman–Crippen LogP) is 3.49. The van der Waals surface area contributed by atoms with Gasteiger partial charge in [0.05, 0.1) is 22.4 Å². The second kappa shape index (κ2) is 5.06. The van der Waals surface area contributed by atoms with E-state index in [1.54, 1.807) is 6.20 Å². The zero-order valence-corrected chi connectivity index (χ0v) is 10.3. The van der Waals surface area contributed by atoms with Gasteiger partial charge in [-0.05, 0) is 30.7 Å². The molecule has 0 saturated heterocycles. The number of benzene rings is 1. The number of nitrogens with two attached hydrogens (primary N) is 1. The Bertz CT molecular complexity index is 479. The van der Waals surface area contributed by atoms with Gasteiger partial charge >= 0.3 is 0 Å². The smallest absolute Gasteiger partial charge is 0.0767 e. The van der Waals surface area contributed by atoms with Crippen LogP contribution in [0.1, 0.15) is 18.5 Å². The van der Waals surface area contributed by atoms with Crippen molar-refractivity contribution in [2.45, 2.75) is 13.0 Å². The standard InChI is InChI=1S/C13H14ClN3/c1-9(10-4-3-7-16-8-10)17-13-11(14)5-2-6-12(13)15/h2-9,17H,15H2,1H3. The Hall–Kier alpha value is -1.74. The molecule has 1 aromatic carbocycles. The fraction of sp³-hybridized carbons (Fsp3) is 0.154. The third-order valence-corrected chi connectivity index (χ3v) is 2.91. The van der Waals surface area contributed by atoms with Crippen molar-refractivity contribution in [2.24, 2.45) is 0 Å². The van der Waals surface area contributed by atoms with Crippen LogP contribution in [0.2, 0.25) is 5.02 Å². The Kier molecular flexibility index (Phi) is 3.49. The molecule has 0 bridgehead atoms. The highest BCUT2D eigenvalue weighted by atomic mass is 35.5. The van der Waals surface area contributed by atoms with Crippen molar-refractivity contribution in [2.75, 3.05) is 11.1 Å². The summed E-state index contributed by atoms with van der Waals surface area (Å²) in [5.41, 5.74) is 8.39. The first-order valence-corrected chi connectivity index (χ1v) is 5.76. The summed E-state index contributed by atoms with van der Waals surface area (Å²) in [5.74, 6) is 0. The van der Waals surface area contributed by atoms with Crippen LogP contribution in [0.15, 0.2) is 42.7 Å². The van der Waals surface area contributed by atoms with Crippen molar-refractivity contribution in [3.63, 3.8) is 0 Å². The summed E-state index contributed by atoms with van der Waals surface area (Å²) in [4.78, 5) is 4.09. The lowest BCUT2D eigenvalue weighted by Gasteiger charge is -2.17. The van der Waals surface area contributed by atoms with E-state index in [9.17, 15) is 0 Å². The molecule has 0 amide bonds. The lowest BCUT2D eigenvalue weighted by Crippen LogP contribution is -2.09. The van der Waals surface area contributed by atoms with Gasteiger partial charge in [-0.2, -0.15) is 0 Å². The van der Waals surface area contributed by atoms with Gasteiger partial charge in [0.2, 0.25) is 0 Å². The first-order chi connectivity index (χ1) is 8.18. The quantitative estimate of drug-likeness (QED) is 0.817. The van der Waals surface area contributed by atoms with Crippen LogP contribution in [0, 0.1) is 0 Å². The number of rotatable bonds is 3. The van der Waals surface area contributed by atoms with E-state index >= 15 is 0 Å².